The van der Waals surface area contributed by atoms with Crippen LogP contribution in [0.2, 0.25) is 0 Å². The number of nitrogens with two attached hydrogens (primary N) is 1. The molecular weight excluding hydrogens is 266 g/mol. The Hall–Kier alpha value is -1.63. The largest absolute Gasteiger partial charge is 0.384 e. The highest BCUT2D eigenvalue weighted by Gasteiger charge is 2.39. The van der Waals surface area contributed by atoms with Crippen LogP contribution in [0, 0.1) is 6.92 Å². The van der Waals surface area contributed by atoms with Crippen molar-refractivity contribution in [2.45, 2.75) is 25.8 Å². The van der Waals surface area contributed by atoms with Crippen molar-refractivity contribution in [1.82, 2.24) is 10.3 Å². The molecular formula is C12H17N3O3S. The van der Waals surface area contributed by atoms with Crippen molar-refractivity contribution in [2.75, 3.05) is 17.2 Å². The molecule has 1 aromatic heterocycles. The molecule has 1 fully saturated rings. The first-order valence-corrected chi connectivity index (χ1v) is 7.78. The summed E-state index contributed by atoms with van der Waals surface area (Å²) in [6.45, 7) is 3.49. The molecule has 1 aromatic rings. The molecule has 1 aliphatic rings. The zero-order valence-electron chi connectivity index (χ0n) is 10.9. The van der Waals surface area contributed by atoms with Gasteiger partial charge in [-0.05, 0) is 32.4 Å². The molecule has 19 heavy (non-hydrogen) atoms. The molecule has 1 amide bonds. The molecule has 1 aliphatic heterocycles. The molecule has 0 saturated carbocycles. The number of pyridine rings is 1. The van der Waals surface area contributed by atoms with E-state index < -0.39 is 15.4 Å². The summed E-state index contributed by atoms with van der Waals surface area (Å²) < 4.78 is 23.0. The van der Waals surface area contributed by atoms with Crippen molar-refractivity contribution in [3.8, 4) is 0 Å². The van der Waals surface area contributed by atoms with E-state index in [-0.39, 0.29) is 23.2 Å². The third-order valence-electron chi connectivity index (χ3n) is 3.15. The number of rotatable bonds is 2. The van der Waals surface area contributed by atoms with Gasteiger partial charge in [-0.15, -0.1) is 0 Å². The number of sulfone groups is 1. The van der Waals surface area contributed by atoms with Crippen LogP contribution in [0.5, 0.6) is 0 Å². The molecule has 1 unspecified atom stereocenters. The number of carbonyl (C=O) groups is 1. The number of aryl methyl sites for hydroxylation is 1. The molecule has 0 spiro atoms. The summed E-state index contributed by atoms with van der Waals surface area (Å²) in [6, 6.07) is 3.10. The summed E-state index contributed by atoms with van der Waals surface area (Å²) in [4.78, 5) is 16.1. The first-order chi connectivity index (χ1) is 8.69. The second kappa shape index (κ2) is 4.48. The van der Waals surface area contributed by atoms with E-state index in [0.717, 1.165) is 0 Å². The third kappa shape index (κ3) is 3.23. The van der Waals surface area contributed by atoms with Crippen molar-refractivity contribution in [3.05, 3.63) is 23.4 Å². The fourth-order valence-electron chi connectivity index (χ4n) is 2.28. The van der Waals surface area contributed by atoms with Crippen LogP contribution in [0.3, 0.4) is 0 Å². The maximum Gasteiger partial charge on any atom is 0.251 e. The second-order valence-electron chi connectivity index (χ2n) is 5.28. The Morgan fingerprint density at radius 1 is 1.47 bits per heavy atom. The molecule has 0 radical (unpaired) electrons. The van der Waals surface area contributed by atoms with Gasteiger partial charge < -0.3 is 11.1 Å². The zero-order valence-corrected chi connectivity index (χ0v) is 11.8. The minimum absolute atomic E-state index is 0.0225. The van der Waals surface area contributed by atoms with Crippen molar-refractivity contribution >= 4 is 21.6 Å². The van der Waals surface area contributed by atoms with Crippen LogP contribution >= 0.6 is 0 Å². The third-order valence-corrected chi connectivity index (χ3v) is 5.06. The summed E-state index contributed by atoms with van der Waals surface area (Å²) in [5.41, 5.74) is 5.93. The topological polar surface area (TPSA) is 102 Å². The smallest absolute Gasteiger partial charge is 0.251 e. The molecule has 104 valence electrons. The minimum Gasteiger partial charge on any atom is -0.384 e. The van der Waals surface area contributed by atoms with Gasteiger partial charge in [-0.2, -0.15) is 0 Å². The molecule has 0 bridgehead atoms. The van der Waals surface area contributed by atoms with Crippen molar-refractivity contribution in [3.63, 3.8) is 0 Å². The van der Waals surface area contributed by atoms with Gasteiger partial charge in [-0.1, -0.05) is 0 Å². The average molecular weight is 283 g/mol. The maximum absolute atomic E-state index is 12.1. The Bertz CT molecular complexity index is 607. The fraction of sp³-hybridized carbons (Fsp3) is 0.500. The van der Waals surface area contributed by atoms with Gasteiger partial charge >= 0.3 is 0 Å². The number of hydrogen-bond donors (Lipinski definition) is 2. The Labute approximate surface area is 112 Å². The van der Waals surface area contributed by atoms with Gasteiger partial charge in [-0.3, -0.25) is 4.79 Å². The lowest BCUT2D eigenvalue weighted by Gasteiger charge is -2.24. The van der Waals surface area contributed by atoms with Crippen LogP contribution in [0.25, 0.3) is 0 Å². The van der Waals surface area contributed by atoms with E-state index >= 15 is 0 Å². The Morgan fingerprint density at radius 3 is 2.68 bits per heavy atom. The number of nitrogens with one attached hydrogen (secondary N) is 1. The number of carbonyl (C=O) groups excluding carboxylic acids is 1. The number of nitrogen functional groups attached to an aromatic ring is 1. The summed E-state index contributed by atoms with van der Waals surface area (Å²) >= 11 is 0. The molecule has 2 heterocycles. The van der Waals surface area contributed by atoms with E-state index in [1.165, 1.54) is 6.07 Å². The first-order valence-electron chi connectivity index (χ1n) is 5.96. The standard InChI is InChI=1S/C12H17N3O3S/c1-8-5-9(6-10(13)14-8)11(16)15-12(2)3-4-19(17,18)7-12/h5-6H,3-4,7H2,1-2H3,(H2,13,14)(H,15,16). The summed E-state index contributed by atoms with van der Waals surface area (Å²) in [7, 11) is -3.05. The van der Waals surface area contributed by atoms with Gasteiger partial charge in [0.15, 0.2) is 9.84 Å². The van der Waals surface area contributed by atoms with Crippen LogP contribution in [-0.2, 0) is 9.84 Å². The SMILES string of the molecule is Cc1cc(C(=O)NC2(C)CCS(=O)(=O)C2)cc(N)n1. The molecule has 2 rings (SSSR count). The molecule has 6 nitrogen and oxygen atoms in total. The molecule has 0 aliphatic carbocycles. The van der Waals surface area contributed by atoms with E-state index in [9.17, 15) is 13.2 Å². The summed E-state index contributed by atoms with van der Waals surface area (Å²) in [5, 5.41) is 2.78. The van der Waals surface area contributed by atoms with Crippen LogP contribution in [0.4, 0.5) is 5.82 Å². The maximum atomic E-state index is 12.1. The minimum atomic E-state index is -3.05. The van der Waals surface area contributed by atoms with E-state index in [1.807, 2.05) is 0 Å². The molecule has 3 N–H and O–H groups in total. The monoisotopic (exact) mass is 283 g/mol. The predicted octanol–water partition coefficient (Wildman–Crippen LogP) is 0.279. The van der Waals surface area contributed by atoms with Gasteiger partial charge in [0.2, 0.25) is 0 Å². The Balaban J connectivity index is 2.18. The van der Waals surface area contributed by atoms with Crippen molar-refractivity contribution in [2.24, 2.45) is 0 Å². The van der Waals surface area contributed by atoms with E-state index in [4.69, 9.17) is 5.73 Å². The van der Waals surface area contributed by atoms with Gasteiger partial charge in [-0.25, -0.2) is 13.4 Å². The van der Waals surface area contributed by atoms with Gasteiger partial charge in [0.05, 0.1) is 17.0 Å². The van der Waals surface area contributed by atoms with E-state index in [0.29, 0.717) is 17.7 Å². The zero-order chi connectivity index (χ0) is 14.3. The summed E-state index contributed by atoms with van der Waals surface area (Å²) in [5.74, 6) is 0.0400. The van der Waals surface area contributed by atoms with Crippen LogP contribution in [-0.4, -0.2) is 36.4 Å². The van der Waals surface area contributed by atoms with Gasteiger partial charge in [0.25, 0.3) is 5.91 Å². The highest BCUT2D eigenvalue weighted by Crippen LogP contribution is 2.23. The Kier molecular flexibility index (Phi) is 3.25. The van der Waals surface area contributed by atoms with Crippen molar-refractivity contribution < 1.29 is 13.2 Å². The number of aromatic nitrogens is 1. The lowest BCUT2D eigenvalue weighted by atomic mass is 10.0. The molecule has 1 atom stereocenters. The Morgan fingerprint density at radius 2 is 2.16 bits per heavy atom. The lowest BCUT2D eigenvalue weighted by Crippen LogP contribution is -2.47. The van der Waals surface area contributed by atoms with Crippen LogP contribution in [0.1, 0.15) is 29.4 Å². The number of hydrogen-bond acceptors (Lipinski definition) is 5. The van der Waals surface area contributed by atoms with Gasteiger partial charge in [0.1, 0.15) is 5.82 Å². The summed E-state index contributed by atoms with van der Waals surface area (Å²) in [6.07, 6.45) is 0.431. The highest BCUT2D eigenvalue weighted by molar-refractivity contribution is 7.91. The van der Waals surface area contributed by atoms with Crippen LogP contribution < -0.4 is 11.1 Å². The highest BCUT2D eigenvalue weighted by atomic mass is 32.2. The lowest BCUT2D eigenvalue weighted by molar-refractivity contribution is 0.0915. The first kappa shape index (κ1) is 13.8. The number of nitrogens with zero attached hydrogens (tertiary/aromatic N) is 1. The van der Waals surface area contributed by atoms with Gasteiger partial charge in [0, 0.05) is 11.3 Å². The number of amides is 1. The molecule has 1 saturated heterocycles. The van der Waals surface area contributed by atoms with E-state index in [2.05, 4.69) is 10.3 Å². The fourth-order valence-corrected chi connectivity index (χ4v) is 4.37. The average Bonchev–Trinajstić information content (AvgIpc) is 2.51. The number of anilines is 1. The van der Waals surface area contributed by atoms with E-state index in [1.54, 1.807) is 19.9 Å². The van der Waals surface area contributed by atoms with Crippen molar-refractivity contribution in [1.29, 1.82) is 0 Å². The quantitative estimate of drug-likeness (QED) is 0.811. The normalized spacial score (nSPS) is 25.2. The predicted molar refractivity (Wildman–Crippen MR) is 72.5 cm³/mol. The second-order valence-corrected chi connectivity index (χ2v) is 7.46. The van der Waals surface area contributed by atoms with Crippen LogP contribution in [0.15, 0.2) is 12.1 Å². The molecule has 7 heteroatoms. The molecule has 0 aromatic carbocycles.